The van der Waals surface area contributed by atoms with E-state index in [0.717, 1.165) is 25.6 Å². The van der Waals surface area contributed by atoms with Crippen LogP contribution in [0.25, 0.3) is 0 Å². The van der Waals surface area contributed by atoms with Gasteiger partial charge in [0.25, 0.3) is 0 Å². The molecule has 1 fully saturated rings. The Bertz CT molecular complexity index is 227. The van der Waals surface area contributed by atoms with Crippen molar-refractivity contribution in [1.82, 2.24) is 10.2 Å². The fraction of sp³-hybridized carbons (Fsp3) is 1.00. The van der Waals surface area contributed by atoms with Gasteiger partial charge in [0.1, 0.15) is 0 Å². The molecule has 0 radical (unpaired) electrons. The Morgan fingerprint density at radius 2 is 1.68 bits per heavy atom. The van der Waals surface area contributed by atoms with Crippen LogP contribution in [0.3, 0.4) is 0 Å². The van der Waals surface area contributed by atoms with Gasteiger partial charge in [0.15, 0.2) is 0 Å². The molecule has 1 atom stereocenters. The molecular weight excluding hydrogens is 232 g/mol. The highest BCUT2D eigenvalue weighted by Crippen LogP contribution is 2.32. The van der Waals surface area contributed by atoms with Gasteiger partial charge in [0, 0.05) is 11.6 Å². The van der Waals surface area contributed by atoms with E-state index >= 15 is 0 Å². The quantitative estimate of drug-likeness (QED) is 0.678. The summed E-state index contributed by atoms with van der Waals surface area (Å²) in [6.45, 7) is 15.2. The van der Waals surface area contributed by atoms with Crippen molar-refractivity contribution in [2.24, 2.45) is 5.92 Å². The minimum atomic E-state index is 0.265. The number of nitrogens with one attached hydrogen (secondary N) is 1. The molecule has 1 rings (SSSR count). The molecule has 1 unspecified atom stereocenters. The van der Waals surface area contributed by atoms with Crippen molar-refractivity contribution < 1.29 is 0 Å². The predicted octanol–water partition coefficient (Wildman–Crippen LogP) is 4.06. The predicted molar refractivity (Wildman–Crippen MR) is 85.7 cm³/mol. The molecule has 2 nitrogen and oxygen atoms in total. The highest BCUT2D eigenvalue weighted by atomic mass is 15.2. The maximum Gasteiger partial charge on any atom is 0.0306 e. The van der Waals surface area contributed by atoms with Crippen LogP contribution in [0, 0.1) is 5.92 Å². The fourth-order valence-electron chi connectivity index (χ4n) is 3.78. The third kappa shape index (κ3) is 4.75. The molecule has 0 heterocycles. The number of hydrogen-bond donors (Lipinski definition) is 1. The molecule has 114 valence electrons. The summed E-state index contributed by atoms with van der Waals surface area (Å²) in [5.41, 5.74) is 0.265. The average Bonchev–Trinajstić information content (AvgIpc) is 2.88. The number of hydrogen-bond acceptors (Lipinski definition) is 2. The number of rotatable bonds is 9. The zero-order valence-electron chi connectivity index (χ0n) is 14.0. The van der Waals surface area contributed by atoms with E-state index in [1.165, 1.54) is 38.5 Å². The average molecular weight is 268 g/mol. The molecule has 0 bridgehead atoms. The topological polar surface area (TPSA) is 15.3 Å². The lowest BCUT2D eigenvalue weighted by Crippen LogP contribution is -2.58. The van der Waals surface area contributed by atoms with Crippen molar-refractivity contribution in [3.05, 3.63) is 0 Å². The molecule has 0 aliphatic heterocycles. The molecule has 0 aromatic heterocycles. The molecule has 0 aromatic rings. The first-order valence-corrected chi connectivity index (χ1v) is 8.54. The van der Waals surface area contributed by atoms with Crippen molar-refractivity contribution in [2.75, 3.05) is 19.6 Å². The Morgan fingerprint density at radius 1 is 1.11 bits per heavy atom. The van der Waals surface area contributed by atoms with Gasteiger partial charge in [0.05, 0.1) is 0 Å². The van der Waals surface area contributed by atoms with Crippen molar-refractivity contribution >= 4 is 0 Å². The van der Waals surface area contributed by atoms with Gasteiger partial charge in [-0.05, 0) is 52.2 Å². The highest BCUT2D eigenvalue weighted by molar-refractivity contribution is 4.94. The lowest BCUT2D eigenvalue weighted by molar-refractivity contribution is 0.0801. The Balaban J connectivity index is 2.68. The van der Waals surface area contributed by atoms with E-state index in [4.69, 9.17) is 0 Å². The van der Waals surface area contributed by atoms with Gasteiger partial charge in [0.2, 0.25) is 0 Å². The van der Waals surface area contributed by atoms with E-state index in [9.17, 15) is 0 Å². The van der Waals surface area contributed by atoms with Gasteiger partial charge in [-0.25, -0.2) is 0 Å². The van der Waals surface area contributed by atoms with Crippen molar-refractivity contribution in [3.63, 3.8) is 0 Å². The number of nitrogens with zero attached hydrogens (tertiary/aromatic N) is 1. The summed E-state index contributed by atoms with van der Waals surface area (Å²) < 4.78 is 0. The summed E-state index contributed by atoms with van der Waals surface area (Å²) in [5.74, 6) is 0.962. The lowest BCUT2D eigenvalue weighted by Gasteiger charge is -2.45. The fourth-order valence-corrected chi connectivity index (χ4v) is 3.78. The third-order valence-corrected chi connectivity index (χ3v) is 5.12. The smallest absolute Gasteiger partial charge is 0.0306 e. The summed E-state index contributed by atoms with van der Waals surface area (Å²) in [4.78, 5) is 2.62. The second-order valence-electron chi connectivity index (χ2n) is 6.72. The van der Waals surface area contributed by atoms with Gasteiger partial charge in [-0.15, -0.1) is 0 Å². The van der Waals surface area contributed by atoms with Crippen molar-refractivity contribution in [1.29, 1.82) is 0 Å². The van der Waals surface area contributed by atoms with Crippen LogP contribution in [0.2, 0.25) is 0 Å². The largest absolute Gasteiger partial charge is 0.312 e. The molecule has 19 heavy (non-hydrogen) atoms. The Hall–Kier alpha value is -0.0800. The van der Waals surface area contributed by atoms with E-state index in [0.29, 0.717) is 6.04 Å². The van der Waals surface area contributed by atoms with Crippen LogP contribution < -0.4 is 5.32 Å². The molecule has 2 heteroatoms. The Morgan fingerprint density at radius 3 is 2.16 bits per heavy atom. The summed E-state index contributed by atoms with van der Waals surface area (Å²) in [5, 5.41) is 3.84. The maximum atomic E-state index is 3.84. The SMILES string of the molecule is CCCNC(CC1CCCC1)C(C)(C)N(CC)CC. The molecule has 0 amide bonds. The molecule has 1 aliphatic carbocycles. The van der Waals surface area contributed by atoms with E-state index < -0.39 is 0 Å². The highest BCUT2D eigenvalue weighted by Gasteiger charge is 2.35. The summed E-state index contributed by atoms with van der Waals surface area (Å²) in [6.07, 6.45) is 8.42. The van der Waals surface area contributed by atoms with E-state index in [1.54, 1.807) is 0 Å². The minimum Gasteiger partial charge on any atom is -0.312 e. The van der Waals surface area contributed by atoms with Gasteiger partial charge >= 0.3 is 0 Å². The second-order valence-corrected chi connectivity index (χ2v) is 6.72. The third-order valence-electron chi connectivity index (χ3n) is 5.12. The summed E-state index contributed by atoms with van der Waals surface area (Å²) in [7, 11) is 0. The van der Waals surface area contributed by atoms with Gasteiger partial charge in [-0.3, -0.25) is 4.90 Å². The molecule has 0 aromatic carbocycles. The van der Waals surface area contributed by atoms with Crippen LogP contribution in [0.4, 0.5) is 0 Å². The monoisotopic (exact) mass is 268 g/mol. The molecule has 0 saturated heterocycles. The molecule has 1 aliphatic rings. The Labute approximate surface area is 121 Å². The minimum absolute atomic E-state index is 0.265. The first-order valence-electron chi connectivity index (χ1n) is 8.54. The van der Waals surface area contributed by atoms with Gasteiger partial charge < -0.3 is 5.32 Å². The lowest BCUT2D eigenvalue weighted by atomic mass is 9.84. The zero-order chi connectivity index (χ0) is 14.3. The number of likely N-dealkylation sites (N-methyl/N-ethyl adjacent to an activating group) is 1. The van der Waals surface area contributed by atoms with Crippen LogP contribution in [0.1, 0.15) is 73.1 Å². The first kappa shape index (κ1) is 17.0. The maximum absolute atomic E-state index is 3.84. The van der Waals surface area contributed by atoms with Crippen LogP contribution >= 0.6 is 0 Å². The molecule has 1 saturated carbocycles. The van der Waals surface area contributed by atoms with Gasteiger partial charge in [-0.2, -0.15) is 0 Å². The Kier molecular flexibility index (Phi) is 7.38. The zero-order valence-corrected chi connectivity index (χ0v) is 14.0. The van der Waals surface area contributed by atoms with Crippen molar-refractivity contribution in [2.45, 2.75) is 84.7 Å². The molecule has 1 N–H and O–H groups in total. The van der Waals surface area contributed by atoms with Crippen LogP contribution in [0.15, 0.2) is 0 Å². The van der Waals surface area contributed by atoms with E-state index in [-0.39, 0.29) is 5.54 Å². The van der Waals surface area contributed by atoms with Crippen LogP contribution in [-0.4, -0.2) is 36.1 Å². The molecular formula is C17H36N2. The molecule has 0 spiro atoms. The summed E-state index contributed by atoms with van der Waals surface area (Å²) >= 11 is 0. The standard InChI is InChI=1S/C17H36N2/c1-6-13-18-16(14-15-11-9-10-12-15)17(4,5)19(7-2)8-3/h15-16,18H,6-14H2,1-5H3. The van der Waals surface area contributed by atoms with E-state index in [1.807, 2.05) is 0 Å². The normalized spacial score (nSPS) is 19.3. The van der Waals surface area contributed by atoms with Crippen molar-refractivity contribution in [3.8, 4) is 0 Å². The van der Waals surface area contributed by atoms with Crippen LogP contribution in [-0.2, 0) is 0 Å². The second kappa shape index (κ2) is 8.26. The van der Waals surface area contributed by atoms with Gasteiger partial charge in [-0.1, -0.05) is 46.5 Å². The first-order chi connectivity index (χ1) is 9.06. The van der Waals surface area contributed by atoms with Crippen LogP contribution in [0.5, 0.6) is 0 Å². The summed E-state index contributed by atoms with van der Waals surface area (Å²) in [6, 6.07) is 0.635. The van der Waals surface area contributed by atoms with E-state index in [2.05, 4.69) is 44.8 Å².